The van der Waals surface area contributed by atoms with Crippen LogP contribution in [0.25, 0.3) is 0 Å². The summed E-state index contributed by atoms with van der Waals surface area (Å²) in [5, 5.41) is 5.82. The Balaban J connectivity index is 1.98. The van der Waals surface area contributed by atoms with Crippen molar-refractivity contribution in [2.45, 2.75) is 38.2 Å². The number of hydrogen-bond acceptors (Lipinski definition) is 7. The predicted molar refractivity (Wildman–Crippen MR) is 103 cm³/mol. The molecule has 0 aliphatic rings. The molecule has 1 atom stereocenters. The lowest BCUT2D eigenvalue weighted by Crippen LogP contribution is -2.31. The molecule has 0 spiro atoms. The van der Waals surface area contributed by atoms with Gasteiger partial charge in [-0.15, -0.1) is 11.8 Å². The zero-order valence-electron chi connectivity index (χ0n) is 14.7. The van der Waals surface area contributed by atoms with E-state index in [2.05, 4.69) is 25.6 Å². The van der Waals surface area contributed by atoms with Gasteiger partial charge in [-0.05, 0) is 32.4 Å². The maximum Gasteiger partial charge on any atom is 0.232 e. The van der Waals surface area contributed by atoms with Gasteiger partial charge in [0, 0.05) is 12.2 Å². The lowest BCUT2D eigenvalue weighted by molar-refractivity contribution is -0.120. The summed E-state index contributed by atoms with van der Waals surface area (Å²) in [5.41, 5.74) is 7.83. The quantitative estimate of drug-likeness (QED) is 0.664. The number of hydrogen-bond donors (Lipinski definition) is 3. The van der Waals surface area contributed by atoms with Crippen molar-refractivity contribution in [3.63, 3.8) is 0 Å². The molecular weight excluding hydrogens is 336 g/mol. The Kier molecular flexibility index (Phi) is 7.00. The highest BCUT2D eigenvalue weighted by Gasteiger charge is 2.14. The molecule has 0 saturated heterocycles. The molecule has 0 bridgehead atoms. The van der Waals surface area contributed by atoms with E-state index in [0.29, 0.717) is 24.1 Å². The van der Waals surface area contributed by atoms with Crippen LogP contribution in [0.3, 0.4) is 0 Å². The normalized spacial score (nSPS) is 11.8. The molecule has 2 rings (SSSR count). The van der Waals surface area contributed by atoms with Gasteiger partial charge in [0.25, 0.3) is 0 Å². The van der Waals surface area contributed by atoms with Crippen molar-refractivity contribution in [1.82, 2.24) is 20.3 Å². The van der Waals surface area contributed by atoms with Gasteiger partial charge in [0.05, 0.1) is 11.0 Å². The average molecular weight is 360 g/mol. The number of nitrogens with two attached hydrogens (primary N) is 1. The van der Waals surface area contributed by atoms with E-state index < -0.39 is 0 Å². The van der Waals surface area contributed by atoms with Crippen LogP contribution in [-0.2, 0) is 10.5 Å². The second-order valence-corrected chi connectivity index (χ2v) is 7.00. The minimum absolute atomic E-state index is 0.0203. The van der Waals surface area contributed by atoms with Gasteiger partial charge in [-0.1, -0.05) is 24.6 Å². The molecule has 7 nitrogen and oxygen atoms in total. The van der Waals surface area contributed by atoms with Crippen LogP contribution in [0.2, 0.25) is 0 Å². The van der Waals surface area contributed by atoms with Gasteiger partial charge in [0.1, 0.15) is 5.82 Å². The second-order valence-electron chi connectivity index (χ2n) is 5.67. The summed E-state index contributed by atoms with van der Waals surface area (Å²) in [7, 11) is 0. The second kappa shape index (κ2) is 9.22. The molecule has 1 heterocycles. The summed E-state index contributed by atoms with van der Waals surface area (Å²) in [6, 6.07) is 7.90. The van der Waals surface area contributed by atoms with Crippen molar-refractivity contribution in [1.29, 1.82) is 0 Å². The first-order valence-corrected chi connectivity index (χ1v) is 9.26. The molecule has 4 N–H and O–H groups in total. The summed E-state index contributed by atoms with van der Waals surface area (Å²) in [6.07, 6.45) is 0.918. The van der Waals surface area contributed by atoms with Crippen molar-refractivity contribution < 1.29 is 4.79 Å². The molecule has 8 heteroatoms. The van der Waals surface area contributed by atoms with Crippen molar-refractivity contribution in [3.8, 4) is 0 Å². The number of nitrogen functional groups attached to an aromatic ring is 1. The maximum atomic E-state index is 11.9. The fourth-order valence-corrected chi connectivity index (χ4v) is 2.75. The molecule has 1 aromatic heterocycles. The Labute approximate surface area is 152 Å². The van der Waals surface area contributed by atoms with Crippen LogP contribution in [0.4, 0.5) is 17.6 Å². The van der Waals surface area contributed by atoms with Crippen LogP contribution >= 0.6 is 11.8 Å². The fraction of sp³-hybridized carbons (Fsp3) is 0.412. The highest BCUT2D eigenvalue weighted by atomic mass is 32.2. The number of aromatic nitrogens is 3. The highest BCUT2D eigenvalue weighted by Crippen LogP contribution is 2.18. The minimum Gasteiger partial charge on any atom is -0.368 e. The van der Waals surface area contributed by atoms with Gasteiger partial charge in [-0.25, -0.2) is 0 Å². The molecule has 0 unspecified atom stereocenters. The predicted octanol–water partition coefficient (Wildman–Crippen LogP) is 2.65. The van der Waals surface area contributed by atoms with Gasteiger partial charge in [0.2, 0.25) is 17.8 Å². The summed E-state index contributed by atoms with van der Waals surface area (Å²) < 4.78 is 0. The Hall–Kier alpha value is -2.35. The van der Waals surface area contributed by atoms with E-state index >= 15 is 0 Å². The Morgan fingerprint density at radius 1 is 1.24 bits per heavy atom. The molecule has 0 aliphatic carbocycles. The average Bonchev–Trinajstić information content (AvgIpc) is 2.59. The van der Waals surface area contributed by atoms with E-state index in [1.165, 1.54) is 17.3 Å². The van der Waals surface area contributed by atoms with Crippen molar-refractivity contribution in [2.75, 3.05) is 17.6 Å². The number of nitrogens with zero attached hydrogens (tertiary/aromatic N) is 3. The first-order valence-electron chi connectivity index (χ1n) is 8.21. The van der Waals surface area contributed by atoms with Crippen LogP contribution in [-0.4, -0.2) is 32.7 Å². The van der Waals surface area contributed by atoms with Crippen LogP contribution < -0.4 is 16.4 Å². The molecule has 0 radical (unpaired) electrons. The van der Waals surface area contributed by atoms with Gasteiger partial charge >= 0.3 is 0 Å². The van der Waals surface area contributed by atoms with Gasteiger partial charge in [-0.3, -0.25) is 4.79 Å². The van der Waals surface area contributed by atoms with E-state index in [0.717, 1.165) is 12.1 Å². The zero-order valence-corrected chi connectivity index (χ0v) is 15.6. The summed E-state index contributed by atoms with van der Waals surface area (Å²) in [5.74, 6) is 1.60. The number of rotatable bonds is 8. The SMILES string of the molecule is CCCNC(=O)[C@H](C)SCc1nc(N)nc(Nc2ccc(C)cc2)n1. The van der Waals surface area contributed by atoms with Crippen molar-refractivity contribution in [3.05, 3.63) is 35.7 Å². The molecule has 1 aromatic carbocycles. The third-order valence-electron chi connectivity index (χ3n) is 3.39. The molecular formula is C17H24N6OS. The number of amides is 1. The van der Waals surface area contributed by atoms with Gasteiger partial charge in [0.15, 0.2) is 0 Å². The largest absolute Gasteiger partial charge is 0.368 e. The third kappa shape index (κ3) is 6.22. The van der Waals surface area contributed by atoms with Gasteiger partial charge in [-0.2, -0.15) is 15.0 Å². The van der Waals surface area contributed by atoms with Crippen molar-refractivity contribution >= 4 is 35.3 Å². The van der Waals surface area contributed by atoms with Crippen LogP contribution in [0, 0.1) is 6.92 Å². The zero-order chi connectivity index (χ0) is 18.2. The topological polar surface area (TPSA) is 106 Å². The number of carbonyl (C=O) groups is 1. The van der Waals surface area contributed by atoms with Crippen molar-refractivity contribution in [2.24, 2.45) is 0 Å². The maximum absolute atomic E-state index is 11.9. The number of thioether (sulfide) groups is 1. The molecule has 2 aromatic rings. The Morgan fingerprint density at radius 2 is 1.96 bits per heavy atom. The molecule has 25 heavy (non-hydrogen) atoms. The first-order chi connectivity index (χ1) is 12.0. The van der Waals surface area contributed by atoms with E-state index in [9.17, 15) is 4.79 Å². The fourth-order valence-electron chi connectivity index (χ4n) is 1.99. The van der Waals surface area contributed by atoms with Crippen LogP contribution in [0.1, 0.15) is 31.7 Å². The summed E-state index contributed by atoms with van der Waals surface area (Å²) >= 11 is 1.47. The first kappa shape index (κ1) is 19.0. The Bertz CT molecular complexity index is 707. The minimum atomic E-state index is -0.182. The van der Waals surface area contributed by atoms with E-state index in [1.807, 2.05) is 45.0 Å². The van der Waals surface area contributed by atoms with E-state index in [4.69, 9.17) is 5.73 Å². The molecule has 1 amide bonds. The molecule has 0 aliphatic heterocycles. The molecule has 0 saturated carbocycles. The lowest BCUT2D eigenvalue weighted by atomic mass is 10.2. The van der Waals surface area contributed by atoms with E-state index in [1.54, 1.807) is 0 Å². The number of carbonyl (C=O) groups excluding carboxylic acids is 1. The van der Waals surface area contributed by atoms with E-state index in [-0.39, 0.29) is 17.1 Å². The van der Waals surface area contributed by atoms with Crippen LogP contribution in [0.15, 0.2) is 24.3 Å². The smallest absolute Gasteiger partial charge is 0.232 e. The highest BCUT2D eigenvalue weighted by molar-refractivity contribution is 7.99. The summed E-state index contributed by atoms with van der Waals surface area (Å²) in [4.78, 5) is 24.5. The summed E-state index contributed by atoms with van der Waals surface area (Å²) in [6.45, 7) is 6.60. The molecule has 134 valence electrons. The van der Waals surface area contributed by atoms with Gasteiger partial charge < -0.3 is 16.4 Å². The third-order valence-corrected chi connectivity index (χ3v) is 4.53. The standard InChI is InChI=1S/C17H24N6OS/c1-4-9-19-15(24)12(3)25-10-14-21-16(18)23-17(22-14)20-13-7-5-11(2)6-8-13/h5-8,12H,4,9-10H2,1-3H3,(H,19,24)(H3,18,20,21,22,23)/t12-/m0/s1. The number of nitrogens with one attached hydrogen (secondary N) is 2. The molecule has 0 fully saturated rings. The Morgan fingerprint density at radius 3 is 2.64 bits per heavy atom. The monoisotopic (exact) mass is 360 g/mol. The van der Waals surface area contributed by atoms with Crippen LogP contribution in [0.5, 0.6) is 0 Å². The number of aryl methyl sites for hydroxylation is 1. The number of anilines is 3. The number of benzene rings is 1. The lowest BCUT2D eigenvalue weighted by Gasteiger charge is -2.11.